The number of carbonyl (C=O) groups is 4. The molecule has 6 atom stereocenters. The summed E-state index contributed by atoms with van der Waals surface area (Å²) in [5, 5.41) is 22.3. The molecular weight excluding hydrogens is 574 g/mol. The summed E-state index contributed by atoms with van der Waals surface area (Å²) in [5.41, 5.74) is 0.823. The highest BCUT2D eigenvalue weighted by atomic mass is 16.5. The predicted molar refractivity (Wildman–Crippen MR) is 161 cm³/mol. The van der Waals surface area contributed by atoms with Gasteiger partial charge in [-0.1, -0.05) is 72.3 Å². The van der Waals surface area contributed by atoms with Gasteiger partial charge in [-0.05, 0) is 36.0 Å². The Hall–Kier alpha value is -5.02. The third-order valence-electron chi connectivity index (χ3n) is 10.2. The van der Waals surface area contributed by atoms with Crippen LogP contribution in [0.3, 0.4) is 0 Å². The Labute approximate surface area is 259 Å². The third-order valence-corrected chi connectivity index (χ3v) is 10.2. The monoisotopic (exact) mass is 605 g/mol. The highest BCUT2D eigenvalue weighted by molar-refractivity contribution is 6.31. The van der Waals surface area contributed by atoms with Gasteiger partial charge in [-0.15, -0.1) is 0 Å². The number of carbonyl (C=O) groups excluding carboxylic acids is 4. The maximum absolute atomic E-state index is 15.0. The quantitative estimate of drug-likeness (QED) is 0.245. The zero-order chi connectivity index (χ0) is 31.6. The van der Waals surface area contributed by atoms with Crippen LogP contribution in [-0.4, -0.2) is 53.0 Å². The number of hydroxylamine groups is 2. The summed E-state index contributed by atoms with van der Waals surface area (Å²) in [6, 6.07) is 21.1. The van der Waals surface area contributed by atoms with Crippen LogP contribution in [0.15, 0.2) is 90.5 Å². The Morgan fingerprint density at radius 3 is 2.22 bits per heavy atom. The van der Waals surface area contributed by atoms with Gasteiger partial charge in [0.05, 0.1) is 31.5 Å². The summed E-state index contributed by atoms with van der Waals surface area (Å²) in [6.07, 6.45) is 3.49. The molecular formula is C36H31NO8. The number of ether oxygens (including phenoxy) is 2. The second-order valence-electron chi connectivity index (χ2n) is 12.0. The largest absolute Gasteiger partial charge is 0.507 e. The number of aromatic hydroxyl groups is 1. The number of rotatable bonds is 5. The molecule has 0 bridgehead atoms. The smallest absolute Gasteiger partial charge is 0.257 e. The molecule has 6 unspecified atom stereocenters. The molecule has 45 heavy (non-hydrogen) atoms. The van der Waals surface area contributed by atoms with Crippen LogP contribution in [0.5, 0.6) is 17.2 Å². The topological polar surface area (TPSA) is 130 Å². The molecule has 7 rings (SSSR count). The number of hydrogen-bond acceptors (Lipinski definition) is 8. The van der Waals surface area contributed by atoms with Crippen molar-refractivity contribution in [2.24, 2.45) is 23.7 Å². The Bertz CT molecular complexity index is 1810. The molecule has 9 nitrogen and oxygen atoms in total. The fraction of sp³-hybridized carbons (Fsp3) is 0.278. The van der Waals surface area contributed by atoms with E-state index in [1.54, 1.807) is 42.5 Å². The lowest BCUT2D eigenvalue weighted by molar-refractivity contribution is -0.173. The van der Waals surface area contributed by atoms with Crippen molar-refractivity contribution in [2.75, 3.05) is 14.2 Å². The van der Waals surface area contributed by atoms with Gasteiger partial charge in [0, 0.05) is 35.1 Å². The van der Waals surface area contributed by atoms with E-state index in [-0.39, 0.29) is 52.1 Å². The van der Waals surface area contributed by atoms with E-state index in [1.807, 2.05) is 30.3 Å². The van der Waals surface area contributed by atoms with Crippen LogP contribution < -0.4 is 9.47 Å². The molecule has 2 amide bonds. The molecule has 3 aliphatic carbocycles. The van der Waals surface area contributed by atoms with Crippen LogP contribution in [0.1, 0.15) is 35.4 Å². The van der Waals surface area contributed by atoms with E-state index in [0.717, 1.165) is 0 Å². The van der Waals surface area contributed by atoms with Crippen LogP contribution in [0.4, 0.5) is 0 Å². The number of nitrogens with zero attached hydrogens (tertiary/aromatic N) is 1. The van der Waals surface area contributed by atoms with E-state index in [2.05, 4.69) is 0 Å². The first-order chi connectivity index (χ1) is 21.7. The number of ketones is 2. The van der Waals surface area contributed by atoms with Gasteiger partial charge in [-0.2, -0.15) is 5.06 Å². The molecule has 0 radical (unpaired) electrons. The molecule has 3 aromatic carbocycles. The maximum atomic E-state index is 15.0. The second kappa shape index (κ2) is 10.6. The zero-order valence-corrected chi connectivity index (χ0v) is 24.7. The van der Waals surface area contributed by atoms with Crippen LogP contribution in [0.2, 0.25) is 0 Å². The van der Waals surface area contributed by atoms with Crippen molar-refractivity contribution in [1.29, 1.82) is 0 Å². The van der Waals surface area contributed by atoms with Gasteiger partial charge < -0.3 is 14.6 Å². The van der Waals surface area contributed by atoms with Crippen molar-refractivity contribution >= 4 is 29.0 Å². The number of imide groups is 1. The number of fused-ring (bicyclic) bond motifs is 4. The van der Waals surface area contributed by atoms with Crippen molar-refractivity contribution in [3.63, 3.8) is 0 Å². The van der Waals surface area contributed by atoms with Crippen molar-refractivity contribution in [3.8, 4) is 17.2 Å². The lowest BCUT2D eigenvalue weighted by Crippen LogP contribution is -2.58. The summed E-state index contributed by atoms with van der Waals surface area (Å²) in [4.78, 5) is 56.2. The van der Waals surface area contributed by atoms with Gasteiger partial charge in [0.15, 0.2) is 11.6 Å². The molecule has 4 aliphatic rings. The number of phenols is 1. The predicted octanol–water partition coefficient (Wildman–Crippen LogP) is 4.62. The summed E-state index contributed by atoms with van der Waals surface area (Å²) >= 11 is 0. The highest BCUT2D eigenvalue weighted by Gasteiger charge is 2.66. The molecule has 2 fully saturated rings. The minimum atomic E-state index is -1.53. The highest BCUT2D eigenvalue weighted by Crippen LogP contribution is 2.65. The number of methoxy groups -OCH3 is 2. The number of hydrogen-bond donors (Lipinski definition) is 2. The molecule has 0 aromatic heterocycles. The summed E-state index contributed by atoms with van der Waals surface area (Å²) in [5.74, 6) is -6.01. The Morgan fingerprint density at radius 2 is 1.56 bits per heavy atom. The molecule has 0 spiro atoms. The Morgan fingerprint density at radius 1 is 0.867 bits per heavy atom. The number of amides is 2. The molecule has 1 saturated heterocycles. The minimum absolute atomic E-state index is 0.0826. The number of Topliss-reactive ketones (excluding diaryl/α,β-unsaturated/α-hetero) is 1. The molecule has 1 heterocycles. The number of benzene rings is 3. The first-order valence-electron chi connectivity index (χ1n) is 14.9. The number of phenolic OH excluding ortho intramolecular Hbond substituents is 1. The van der Waals surface area contributed by atoms with Crippen molar-refractivity contribution in [3.05, 3.63) is 107 Å². The lowest BCUT2D eigenvalue weighted by atomic mass is 9.44. The van der Waals surface area contributed by atoms with Gasteiger partial charge >= 0.3 is 0 Å². The van der Waals surface area contributed by atoms with E-state index in [1.165, 1.54) is 26.4 Å². The first kappa shape index (κ1) is 28.7. The molecule has 1 saturated carbocycles. The molecule has 1 aliphatic heterocycles. The zero-order valence-electron chi connectivity index (χ0n) is 24.7. The third kappa shape index (κ3) is 3.96. The minimum Gasteiger partial charge on any atom is -0.507 e. The fourth-order valence-corrected chi connectivity index (χ4v) is 8.34. The van der Waals surface area contributed by atoms with Gasteiger partial charge in [0.1, 0.15) is 17.2 Å². The maximum Gasteiger partial charge on any atom is 0.257 e. The van der Waals surface area contributed by atoms with Crippen LogP contribution in [0.25, 0.3) is 5.57 Å². The van der Waals surface area contributed by atoms with Crippen LogP contribution in [0, 0.1) is 23.7 Å². The van der Waals surface area contributed by atoms with E-state index in [9.17, 15) is 29.5 Å². The average Bonchev–Trinajstić information content (AvgIpc) is 3.29. The summed E-state index contributed by atoms with van der Waals surface area (Å²) < 4.78 is 11.2. The first-order valence-corrected chi connectivity index (χ1v) is 14.9. The van der Waals surface area contributed by atoms with Crippen LogP contribution in [-0.2, 0) is 24.6 Å². The average molecular weight is 606 g/mol. The number of allylic oxidation sites excluding steroid dienone is 4. The van der Waals surface area contributed by atoms with E-state index in [4.69, 9.17) is 9.47 Å². The SMILES string of the molecule is COc1cc(O)c(C2C3=CCC4C(=O)N(O)C(=O)C4C3CC3C(=O)C(c4ccccc4)=CC(=O)C32c2ccccc2)c(OC)c1. The second-order valence-corrected chi connectivity index (χ2v) is 12.0. The van der Waals surface area contributed by atoms with Crippen molar-refractivity contribution < 1.29 is 39.0 Å². The van der Waals surface area contributed by atoms with Crippen molar-refractivity contribution in [1.82, 2.24) is 5.06 Å². The van der Waals surface area contributed by atoms with Gasteiger partial charge in [0.25, 0.3) is 11.8 Å². The van der Waals surface area contributed by atoms with E-state index >= 15 is 0 Å². The van der Waals surface area contributed by atoms with Crippen molar-refractivity contribution in [2.45, 2.75) is 24.2 Å². The molecule has 228 valence electrons. The standard InChI is InChI=1S/C36H31NO8/c1-44-21-15-27(38)31(28(16-21)45-2)32-22-13-14-23-30(35(42)37(43)34(23)41)25(22)17-26-33(40)24(19-9-5-3-6-10-19)18-29(39)36(26,32)20-11-7-4-8-12-20/h3-13,15-16,18,23,25-26,30,32,38,43H,14,17H2,1-2H3. The molecule has 2 N–H and O–H groups in total. The Kier molecular flexibility index (Phi) is 6.74. The van der Waals surface area contributed by atoms with Gasteiger partial charge in [0.2, 0.25) is 0 Å². The summed E-state index contributed by atoms with van der Waals surface area (Å²) in [6.45, 7) is 0. The molecule has 9 heteroatoms. The Balaban J connectivity index is 1.57. The normalized spacial score (nSPS) is 29.0. The van der Waals surface area contributed by atoms with Gasteiger partial charge in [-0.25, -0.2) is 0 Å². The lowest BCUT2D eigenvalue weighted by Gasteiger charge is -2.55. The fourth-order valence-electron chi connectivity index (χ4n) is 8.34. The van der Waals surface area contributed by atoms with Crippen LogP contribution >= 0.6 is 0 Å². The van der Waals surface area contributed by atoms with E-state index < -0.39 is 46.8 Å². The van der Waals surface area contributed by atoms with E-state index in [0.29, 0.717) is 22.4 Å². The molecule has 3 aromatic rings. The van der Waals surface area contributed by atoms with Gasteiger partial charge in [-0.3, -0.25) is 24.4 Å². The summed E-state index contributed by atoms with van der Waals surface area (Å²) in [7, 11) is 2.90.